The van der Waals surface area contributed by atoms with Gasteiger partial charge < -0.3 is 15.2 Å². The van der Waals surface area contributed by atoms with Gasteiger partial charge in [0.25, 0.3) is 0 Å². The second-order valence-corrected chi connectivity index (χ2v) is 5.35. The van der Waals surface area contributed by atoms with Gasteiger partial charge in [0.1, 0.15) is 5.41 Å². The predicted molar refractivity (Wildman–Crippen MR) is 81.1 cm³/mol. The molecule has 5 nitrogen and oxygen atoms in total. The van der Waals surface area contributed by atoms with Crippen molar-refractivity contribution in [3.05, 3.63) is 35.9 Å². The number of hydrogen-bond donors (Lipinski definition) is 1. The minimum absolute atomic E-state index is 0.244. The zero-order valence-corrected chi connectivity index (χ0v) is 12.6. The summed E-state index contributed by atoms with van der Waals surface area (Å²) in [5, 5.41) is 0. The van der Waals surface area contributed by atoms with E-state index in [0.29, 0.717) is 6.42 Å². The highest BCUT2D eigenvalue weighted by Crippen LogP contribution is 2.29. The van der Waals surface area contributed by atoms with Gasteiger partial charge in [0.2, 0.25) is 0 Å². The van der Waals surface area contributed by atoms with Crippen molar-refractivity contribution in [3.63, 3.8) is 0 Å². The Bertz CT molecular complexity index is 446. The van der Waals surface area contributed by atoms with Crippen molar-refractivity contribution in [3.8, 4) is 0 Å². The van der Waals surface area contributed by atoms with Crippen LogP contribution in [0.5, 0.6) is 0 Å². The molecular formula is C16H24N2O3. The molecule has 1 heterocycles. The number of carbonyl (C=O) groups excluding carboxylic acids is 1. The first kappa shape index (κ1) is 15.9. The largest absolute Gasteiger partial charge is 0.468 e. The van der Waals surface area contributed by atoms with Crippen LogP contribution in [-0.4, -0.2) is 57.4 Å². The third-order valence-corrected chi connectivity index (χ3v) is 4.21. The molecule has 21 heavy (non-hydrogen) atoms. The Kier molecular flexibility index (Phi) is 5.73. The number of carbonyl (C=O) groups is 1. The molecule has 0 radical (unpaired) electrons. The van der Waals surface area contributed by atoms with E-state index in [9.17, 15) is 4.79 Å². The van der Waals surface area contributed by atoms with Crippen molar-refractivity contribution in [1.82, 2.24) is 4.90 Å². The van der Waals surface area contributed by atoms with Crippen LogP contribution in [0.1, 0.15) is 12.0 Å². The van der Waals surface area contributed by atoms with E-state index < -0.39 is 5.41 Å². The molecule has 116 valence electrons. The summed E-state index contributed by atoms with van der Waals surface area (Å²) in [7, 11) is 1.42. The average Bonchev–Trinajstić information content (AvgIpc) is 2.57. The number of nitrogens with two attached hydrogens (primary N) is 1. The van der Waals surface area contributed by atoms with Crippen LogP contribution in [0.2, 0.25) is 0 Å². The number of esters is 1. The lowest BCUT2D eigenvalue weighted by Gasteiger charge is -2.34. The van der Waals surface area contributed by atoms with E-state index >= 15 is 0 Å². The second kappa shape index (κ2) is 7.54. The normalized spacial score (nSPS) is 19.0. The summed E-state index contributed by atoms with van der Waals surface area (Å²) in [6, 6.07) is 9.69. The standard InChI is InChI=1S/C16H24N2O3/c1-20-15(19)16(13-17,14-5-3-2-4-6-14)7-8-18-9-11-21-12-10-18/h2-6H,7-13,17H2,1H3. The first-order valence-electron chi connectivity index (χ1n) is 7.37. The molecule has 1 aliphatic heterocycles. The Morgan fingerprint density at radius 3 is 2.57 bits per heavy atom. The van der Waals surface area contributed by atoms with Gasteiger partial charge in [-0.3, -0.25) is 9.69 Å². The van der Waals surface area contributed by atoms with E-state index in [-0.39, 0.29) is 12.5 Å². The van der Waals surface area contributed by atoms with Crippen molar-refractivity contribution in [2.75, 3.05) is 46.5 Å². The first-order valence-corrected chi connectivity index (χ1v) is 7.37. The molecule has 1 aromatic carbocycles. The van der Waals surface area contributed by atoms with E-state index in [1.807, 2.05) is 30.3 Å². The van der Waals surface area contributed by atoms with Crippen molar-refractivity contribution < 1.29 is 14.3 Å². The first-order chi connectivity index (χ1) is 10.2. The lowest BCUT2D eigenvalue weighted by Crippen LogP contribution is -2.47. The van der Waals surface area contributed by atoms with E-state index in [4.69, 9.17) is 15.2 Å². The molecular weight excluding hydrogens is 268 g/mol. The monoisotopic (exact) mass is 292 g/mol. The van der Waals surface area contributed by atoms with Crippen LogP contribution in [0.25, 0.3) is 0 Å². The van der Waals surface area contributed by atoms with E-state index in [2.05, 4.69) is 4.90 Å². The van der Waals surface area contributed by atoms with Gasteiger partial charge in [-0.1, -0.05) is 30.3 Å². The zero-order chi connectivity index (χ0) is 15.1. The number of ether oxygens (including phenoxy) is 2. The summed E-state index contributed by atoms with van der Waals surface area (Å²) in [4.78, 5) is 14.7. The fraction of sp³-hybridized carbons (Fsp3) is 0.562. The number of rotatable bonds is 6. The maximum atomic E-state index is 12.4. The number of methoxy groups -OCH3 is 1. The van der Waals surface area contributed by atoms with Gasteiger partial charge >= 0.3 is 5.97 Å². The van der Waals surface area contributed by atoms with Crippen LogP contribution in [-0.2, 0) is 19.7 Å². The number of hydrogen-bond acceptors (Lipinski definition) is 5. The molecule has 1 atom stereocenters. The highest BCUT2D eigenvalue weighted by molar-refractivity contribution is 5.83. The van der Waals surface area contributed by atoms with Crippen molar-refractivity contribution in [1.29, 1.82) is 0 Å². The highest BCUT2D eigenvalue weighted by atomic mass is 16.5. The van der Waals surface area contributed by atoms with Gasteiger partial charge in [-0.05, 0) is 18.5 Å². The molecule has 0 spiro atoms. The summed E-state index contributed by atoms with van der Waals surface area (Å²) in [5.74, 6) is -0.260. The molecule has 1 fully saturated rings. The Morgan fingerprint density at radius 1 is 1.33 bits per heavy atom. The summed E-state index contributed by atoms with van der Waals surface area (Å²) in [6.45, 7) is 4.35. The van der Waals surface area contributed by atoms with Crippen LogP contribution in [0.4, 0.5) is 0 Å². The van der Waals surface area contributed by atoms with Crippen LogP contribution >= 0.6 is 0 Å². The molecule has 0 saturated carbocycles. The molecule has 1 unspecified atom stereocenters. The average molecular weight is 292 g/mol. The van der Waals surface area contributed by atoms with Gasteiger partial charge in [-0.2, -0.15) is 0 Å². The summed E-state index contributed by atoms with van der Waals surface area (Å²) < 4.78 is 10.4. The molecule has 0 aromatic heterocycles. The lowest BCUT2D eigenvalue weighted by molar-refractivity contribution is -0.147. The van der Waals surface area contributed by atoms with Crippen LogP contribution in [0, 0.1) is 0 Å². The number of benzene rings is 1. The van der Waals surface area contributed by atoms with Crippen molar-refractivity contribution >= 4 is 5.97 Å². The molecule has 1 aliphatic rings. The molecule has 1 saturated heterocycles. The van der Waals surface area contributed by atoms with Crippen molar-refractivity contribution in [2.24, 2.45) is 5.73 Å². The van der Waals surface area contributed by atoms with Gasteiger partial charge in [0.05, 0.1) is 20.3 Å². The third kappa shape index (κ3) is 3.61. The van der Waals surface area contributed by atoms with Gasteiger partial charge in [0.15, 0.2) is 0 Å². The topological polar surface area (TPSA) is 64.8 Å². The van der Waals surface area contributed by atoms with Crippen LogP contribution < -0.4 is 5.73 Å². The Hall–Kier alpha value is -1.43. The van der Waals surface area contributed by atoms with Gasteiger partial charge in [0, 0.05) is 19.6 Å². The number of morpholine rings is 1. The predicted octanol–water partition coefficient (Wildman–Crippen LogP) is 0.778. The molecule has 0 bridgehead atoms. The Balaban J connectivity index is 2.16. The summed E-state index contributed by atoms with van der Waals surface area (Å²) >= 11 is 0. The summed E-state index contributed by atoms with van der Waals surface area (Å²) in [6.07, 6.45) is 0.653. The lowest BCUT2D eigenvalue weighted by atomic mass is 9.77. The van der Waals surface area contributed by atoms with E-state index in [0.717, 1.165) is 38.4 Å². The molecule has 0 amide bonds. The minimum atomic E-state index is -0.770. The maximum Gasteiger partial charge on any atom is 0.317 e. The van der Waals surface area contributed by atoms with Gasteiger partial charge in [-0.25, -0.2) is 0 Å². The summed E-state index contributed by atoms with van der Waals surface area (Å²) in [5.41, 5.74) is 6.14. The quantitative estimate of drug-likeness (QED) is 0.785. The Morgan fingerprint density at radius 2 is 2.00 bits per heavy atom. The molecule has 0 aliphatic carbocycles. The second-order valence-electron chi connectivity index (χ2n) is 5.35. The van der Waals surface area contributed by atoms with Crippen molar-refractivity contribution in [2.45, 2.75) is 11.8 Å². The number of nitrogens with zero attached hydrogens (tertiary/aromatic N) is 1. The molecule has 2 N–H and O–H groups in total. The fourth-order valence-corrected chi connectivity index (χ4v) is 2.79. The molecule has 1 aromatic rings. The van der Waals surface area contributed by atoms with Crippen LogP contribution in [0.15, 0.2) is 30.3 Å². The Labute approximate surface area is 126 Å². The minimum Gasteiger partial charge on any atom is -0.468 e. The fourth-order valence-electron chi connectivity index (χ4n) is 2.79. The SMILES string of the molecule is COC(=O)C(CN)(CCN1CCOCC1)c1ccccc1. The van der Waals surface area contributed by atoms with E-state index in [1.165, 1.54) is 7.11 Å². The smallest absolute Gasteiger partial charge is 0.317 e. The zero-order valence-electron chi connectivity index (χ0n) is 12.6. The maximum absolute atomic E-state index is 12.4. The third-order valence-electron chi connectivity index (χ3n) is 4.21. The van der Waals surface area contributed by atoms with Crippen LogP contribution in [0.3, 0.4) is 0 Å². The molecule has 2 rings (SSSR count). The highest BCUT2D eigenvalue weighted by Gasteiger charge is 2.40. The van der Waals surface area contributed by atoms with Gasteiger partial charge in [-0.15, -0.1) is 0 Å². The van der Waals surface area contributed by atoms with E-state index in [1.54, 1.807) is 0 Å². The molecule has 5 heteroatoms.